The maximum Gasteiger partial charge on any atom is 0.326 e. The second-order valence-corrected chi connectivity index (χ2v) is 5.30. The molecule has 1 N–H and O–H groups in total. The first-order valence-corrected chi connectivity index (χ1v) is 7.45. The van der Waals surface area contributed by atoms with E-state index < -0.39 is 5.54 Å². The zero-order valence-electron chi connectivity index (χ0n) is 10.5. The van der Waals surface area contributed by atoms with Crippen molar-refractivity contribution in [2.45, 2.75) is 38.1 Å². The van der Waals surface area contributed by atoms with Crippen LogP contribution in [0.1, 0.15) is 32.6 Å². The number of esters is 1. The van der Waals surface area contributed by atoms with E-state index in [0.29, 0.717) is 12.5 Å². The van der Waals surface area contributed by atoms with Gasteiger partial charge in [0.15, 0.2) is 0 Å². The quantitative estimate of drug-likeness (QED) is 0.727. The Bertz CT molecular complexity index is 235. The number of carbonyl (C=O) groups excluding carboxylic acids is 1. The van der Waals surface area contributed by atoms with Gasteiger partial charge < -0.3 is 10.1 Å². The Morgan fingerprint density at radius 1 is 1.62 bits per heavy atom. The molecule has 2 unspecified atom stereocenters. The second kappa shape index (κ2) is 6.50. The fraction of sp³-hybridized carbons (Fsp3) is 0.917. The monoisotopic (exact) mass is 245 g/mol. The van der Waals surface area contributed by atoms with Gasteiger partial charge in [-0.05, 0) is 51.2 Å². The number of ether oxygens (including phenoxy) is 1. The molecule has 0 aromatic carbocycles. The summed E-state index contributed by atoms with van der Waals surface area (Å²) in [6.45, 7) is 2.34. The largest absolute Gasteiger partial charge is 0.465 e. The van der Waals surface area contributed by atoms with Crippen molar-refractivity contribution in [2.75, 3.05) is 25.7 Å². The first-order chi connectivity index (χ1) is 7.71. The van der Waals surface area contributed by atoms with Crippen molar-refractivity contribution in [3.63, 3.8) is 0 Å². The lowest BCUT2D eigenvalue weighted by molar-refractivity contribution is -0.152. The van der Waals surface area contributed by atoms with Crippen LogP contribution >= 0.6 is 11.8 Å². The van der Waals surface area contributed by atoms with E-state index in [1.807, 2.05) is 25.7 Å². The van der Waals surface area contributed by atoms with Crippen molar-refractivity contribution in [2.24, 2.45) is 5.92 Å². The average molecular weight is 245 g/mol. The van der Waals surface area contributed by atoms with E-state index in [1.165, 1.54) is 0 Å². The minimum atomic E-state index is -0.411. The Morgan fingerprint density at radius 3 is 2.94 bits per heavy atom. The molecule has 16 heavy (non-hydrogen) atoms. The van der Waals surface area contributed by atoms with Gasteiger partial charge in [0.05, 0.1) is 6.61 Å². The number of nitrogens with one attached hydrogen (secondary N) is 1. The summed E-state index contributed by atoms with van der Waals surface area (Å²) in [4.78, 5) is 12.1. The molecule has 0 spiro atoms. The molecule has 0 aliphatic heterocycles. The maximum atomic E-state index is 12.1. The second-order valence-electron chi connectivity index (χ2n) is 4.31. The van der Waals surface area contributed by atoms with Crippen LogP contribution < -0.4 is 5.32 Å². The molecule has 2 atom stereocenters. The van der Waals surface area contributed by atoms with Gasteiger partial charge in [0.1, 0.15) is 5.54 Å². The minimum Gasteiger partial charge on any atom is -0.465 e. The van der Waals surface area contributed by atoms with Crippen molar-refractivity contribution in [3.8, 4) is 0 Å². The number of hydrogen-bond acceptors (Lipinski definition) is 4. The van der Waals surface area contributed by atoms with Crippen LogP contribution in [0.15, 0.2) is 0 Å². The highest BCUT2D eigenvalue weighted by Crippen LogP contribution is 2.39. The Hall–Kier alpha value is -0.220. The van der Waals surface area contributed by atoms with Crippen LogP contribution in [-0.4, -0.2) is 37.2 Å². The van der Waals surface area contributed by atoms with Gasteiger partial charge in [-0.25, -0.2) is 0 Å². The normalized spacial score (nSPS) is 29.3. The van der Waals surface area contributed by atoms with E-state index in [9.17, 15) is 4.79 Å². The summed E-state index contributed by atoms with van der Waals surface area (Å²) in [5.41, 5.74) is -0.411. The summed E-state index contributed by atoms with van der Waals surface area (Å²) in [5.74, 6) is 1.50. The van der Waals surface area contributed by atoms with E-state index in [2.05, 4.69) is 11.6 Å². The number of thioether (sulfide) groups is 1. The van der Waals surface area contributed by atoms with Gasteiger partial charge in [0.2, 0.25) is 0 Å². The van der Waals surface area contributed by atoms with Gasteiger partial charge >= 0.3 is 5.97 Å². The summed E-state index contributed by atoms with van der Waals surface area (Å²) >= 11 is 1.84. The van der Waals surface area contributed by atoms with E-state index in [-0.39, 0.29) is 5.97 Å². The van der Waals surface area contributed by atoms with E-state index in [4.69, 9.17) is 4.74 Å². The molecular formula is C12H23NO2S. The third kappa shape index (κ3) is 2.72. The van der Waals surface area contributed by atoms with E-state index in [1.54, 1.807) is 0 Å². The van der Waals surface area contributed by atoms with Gasteiger partial charge in [-0.3, -0.25) is 4.79 Å². The highest BCUT2D eigenvalue weighted by molar-refractivity contribution is 7.98. The van der Waals surface area contributed by atoms with Crippen LogP contribution in [-0.2, 0) is 9.53 Å². The minimum absolute atomic E-state index is 0.0545. The fourth-order valence-electron chi connectivity index (χ4n) is 2.69. The highest BCUT2D eigenvalue weighted by Gasteiger charge is 2.48. The van der Waals surface area contributed by atoms with Gasteiger partial charge in [0, 0.05) is 0 Å². The van der Waals surface area contributed by atoms with E-state index in [0.717, 1.165) is 31.4 Å². The molecule has 0 amide bonds. The Labute approximate surface area is 103 Å². The molecule has 94 valence electrons. The molecule has 0 saturated heterocycles. The fourth-order valence-corrected chi connectivity index (χ4v) is 3.21. The first kappa shape index (κ1) is 13.8. The van der Waals surface area contributed by atoms with E-state index >= 15 is 0 Å². The number of rotatable bonds is 6. The molecule has 3 nitrogen and oxygen atoms in total. The summed E-state index contributed by atoms with van der Waals surface area (Å²) in [6, 6.07) is 0. The molecule has 0 heterocycles. The summed E-state index contributed by atoms with van der Waals surface area (Å²) < 4.78 is 5.22. The Morgan fingerprint density at radius 2 is 2.38 bits per heavy atom. The highest BCUT2D eigenvalue weighted by atomic mass is 32.2. The standard InChI is InChI=1S/C12H23NO2S/c1-4-15-11(14)12(13-2)8-5-6-10(12)7-9-16-3/h10,13H,4-9H2,1-3H3. The number of carbonyl (C=O) groups is 1. The van der Waals surface area contributed by atoms with Crippen LogP contribution in [0, 0.1) is 5.92 Å². The topological polar surface area (TPSA) is 38.3 Å². The van der Waals surface area contributed by atoms with Crippen LogP contribution in [0.5, 0.6) is 0 Å². The first-order valence-electron chi connectivity index (χ1n) is 6.06. The van der Waals surface area contributed by atoms with Gasteiger partial charge in [-0.15, -0.1) is 0 Å². The van der Waals surface area contributed by atoms with Crippen LogP contribution in [0.4, 0.5) is 0 Å². The summed E-state index contributed by atoms with van der Waals surface area (Å²) in [7, 11) is 1.88. The molecule has 0 aromatic heterocycles. The Kier molecular flexibility index (Phi) is 5.62. The molecule has 4 heteroatoms. The van der Waals surface area contributed by atoms with Crippen molar-refractivity contribution < 1.29 is 9.53 Å². The van der Waals surface area contributed by atoms with Crippen molar-refractivity contribution in [1.29, 1.82) is 0 Å². The molecule has 1 aliphatic carbocycles. The molecule has 1 saturated carbocycles. The number of likely N-dealkylation sites (N-methyl/N-ethyl adjacent to an activating group) is 1. The molecule has 0 aromatic rings. The maximum absolute atomic E-state index is 12.1. The predicted octanol–water partition coefficient (Wildman–Crippen LogP) is 2.06. The van der Waals surface area contributed by atoms with Crippen molar-refractivity contribution in [1.82, 2.24) is 5.32 Å². The molecule has 0 radical (unpaired) electrons. The molecule has 1 rings (SSSR count). The van der Waals surface area contributed by atoms with Gasteiger partial charge in [-0.2, -0.15) is 11.8 Å². The lowest BCUT2D eigenvalue weighted by Crippen LogP contribution is -2.54. The van der Waals surface area contributed by atoms with Gasteiger partial charge in [-0.1, -0.05) is 6.42 Å². The number of hydrogen-bond donors (Lipinski definition) is 1. The zero-order valence-corrected chi connectivity index (χ0v) is 11.4. The lowest BCUT2D eigenvalue weighted by atomic mass is 9.85. The molecule has 1 fully saturated rings. The summed E-state index contributed by atoms with van der Waals surface area (Å²) in [5, 5.41) is 3.24. The lowest BCUT2D eigenvalue weighted by Gasteiger charge is -2.32. The Balaban J connectivity index is 2.71. The molecule has 0 bridgehead atoms. The van der Waals surface area contributed by atoms with Crippen molar-refractivity contribution in [3.05, 3.63) is 0 Å². The molecule has 1 aliphatic rings. The SMILES string of the molecule is CCOC(=O)C1(NC)CCCC1CCSC. The molecular weight excluding hydrogens is 222 g/mol. The zero-order chi connectivity index (χ0) is 12.0. The third-order valence-corrected chi connectivity index (χ3v) is 4.22. The predicted molar refractivity (Wildman–Crippen MR) is 68.8 cm³/mol. The average Bonchev–Trinajstić information content (AvgIpc) is 2.70. The smallest absolute Gasteiger partial charge is 0.326 e. The van der Waals surface area contributed by atoms with Crippen LogP contribution in [0.25, 0.3) is 0 Å². The third-order valence-electron chi connectivity index (χ3n) is 3.58. The van der Waals surface area contributed by atoms with Crippen LogP contribution in [0.3, 0.4) is 0 Å². The van der Waals surface area contributed by atoms with Crippen molar-refractivity contribution >= 4 is 17.7 Å². The van der Waals surface area contributed by atoms with Gasteiger partial charge in [0.25, 0.3) is 0 Å². The van der Waals surface area contributed by atoms with Crippen LogP contribution in [0.2, 0.25) is 0 Å². The summed E-state index contributed by atoms with van der Waals surface area (Å²) in [6.07, 6.45) is 6.39.